The maximum Gasteiger partial charge on any atom is 0.220 e. The first-order valence-corrected chi connectivity index (χ1v) is 6.98. The Balaban J connectivity index is 2.46. The van der Waals surface area contributed by atoms with Crippen LogP contribution in [0.3, 0.4) is 0 Å². The number of hydrogen-bond donors (Lipinski definition) is 2. The molecule has 0 aliphatic rings. The van der Waals surface area contributed by atoms with Crippen molar-refractivity contribution in [3.63, 3.8) is 0 Å². The van der Waals surface area contributed by atoms with Gasteiger partial charge in [-0.15, -0.1) is 0 Å². The van der Waals surface area contributed by atoms with E-state index < -0.39 is 0 Å². The second kappa shape index (κ2) is 7.54. The van der Waals surface area contributed by atoms with Crippen LogP contribution in [0.5, 0.6) is 0 Å². The van der Waals surface area contributed by atoms with Crippen molar-refractivity contribution in [3.8, 4) is 0 Å². The van der Waals surface area contributed by atoms with E-state index in [1.165, 1.54) is 0 Å². The highest BCUT2D eigenvalue weighted by atomic mass is 79.9. The van der Waals surface area contributed by atoms with E-state index in [1.807, 2.05) is 38.1 Å². The second-order valence-electron chi connectivity index (χ2n) is 4.64. The molecule has 0 spiro atoms. The number of benzene rings is 1. The maximum absolute atomic E-state index is 11.8. The van der Waals surface area contributed by atoms with E-state index in [9.17, 15) is 4.79 Å². The smallest absolute Gasteiger partial charge is 0.220 e. The number of carbonyl (C=O) groups is 1. The summed E-state index contributed by atoms with van der Waals surface area (Å²) < 4.78 is 1.04. The Morgan fingerprint density at radius 2 is 1.94 bits per heavy atom. The molecular formula is C14H20BrNO2. The molecule has 0 fully saturated rings. The van der Waals surface area contributed by atoms with Crippen LogP contribution in [0.15, 0.2) is 28.7 Å². The molecular weight excluding hydrogens is 294 g/mol. The number of amides is 1. The zero-order valence-corrected chi connectivity index (χ0v) is 12.4. The second-order valence-corrected chi connectivity index (χ2v) is 5.55. The van der Waals surface area contributed by atoms with Crippen LogP contribution in [0.2, 0.25) is 0 Å². The minimum absolute atomic E-state index is 0.0274. The van der Waals surface area contributed by atoms with E-state index in [4.69, 9.17) is 5.11 Å². The molecule has 4 heteroatoms. The number of aliphatic hydroxyl groups excluding tert-OH is 1. The summed E-state index contributed by atoms with van der Waals surface area (Å²) in [5.74, 6) is 0.228. The molecule has 2 atom stereocenters. The molecule has 0 saturated heterocycles. The number of carbonyl (C=O) groups excluding carboxylic acids is 1. The SMILES string of the molecule is CC(CCO)NC(=O)CC(C)c1ccc(Br)cc1. The summed E-state index contributed by atoms with van der Waals surface area (Å²) in [5.41, 5.74) is 1.16. The van der Waals surface area contributed by atoms with Gasteiger partial charge in [-0.1, -0.05) is 35.0 Å². The third-order valence-electron chi connectivity index (χ3n) is 2.90. The van der Waals surface area contributed by atoms with Gasteiger partial charge in [-0.3, -0.25) is 4.79 Å². The van der Waals surface area contributed by atoms with Crippen LogP contribution < -0.4 is 5.32 Å². The van der Waals surface area contributed by atoms with Crippen LogP contribution in [0, 0.1) is 0 Å². The monoisotopic (exact) mass is 313 g/mol. The van der Waals surface area contributed by atoms with Gasteiger partial charge in [0, 0.05) is 23.5 Å². The van der Waals surface area contributed by atoms with Gasteiger partial charge in [0.2, 0.25) is 5.91 Å². The molecule has 0 heterocycles. The van der Waals surface area contributed by atoms with Crippen LogP contribution in [-0.4, -0.2) is 23.7 Å². The Bertz CT molecular complexity index is 378. The molecule has 0 saturated carbocycles. The fraction of sp³-hybridized carbons (Fsp3) is 0.500. The van der Waals surface area contributed by atoms with Gasteiger partial charge in [0.05, 0.1) is 0 Å². The van der Waals surface area contributed by atoms with Gasteiger partial charge in [0.15, 0.2) is 0 Å². The van der Waals surface area contributed by atoms with Crippen molar-refractivity contribution in [1.29, 1.82) is 0 Å². The minimum Gasteiger partial charge on any atom is -0.396 e. The Morgan fingerprint density at radius 3 is 2.50 bits per heavy atom. The van der Waals surface area contributed by atoms with Crippen molar-refractivity contribution >= 4 is 21.8 Å². The lowest BCUT2D eigenvalue weighted by Gasteiger charge is -2.15. The third-order valence-corrected chi connectivity index (χ3v) is 3.43. The molecule has 1 rings (SSSR count). The van der Waals surface area contributed by atoms with Crippen molar-refractivity contribution in [2.24, 2.45) is 0 Å². The van der Waals surface area contributed by atoms with Gasteiger partial charge in [0.1, 0.15) is 0 Å². The fourth-order valence-electron chi connectivity index (χ4n) is 1.79. The quantitative estimate of drug-likeness (QED) is 0.848. The standard InChI is InChI=1S/C14H20BrNO2/c1-10(12-3-5-13(15)6-4-12)9-14(18)16-11(2)7-8-17/h3-6,10-11,17H,7-9H2,1-2H3,(H,16,18). The van der Waals surface area contributed by atoms with Crippen LogP contribution in [-0.2, 0) is 4.79 Å². The summed E-state index contributed by atoms with van der Waals surface area (Å²) in [4.78, 5) is 11.8. The minimum atomic E-state index is 0.0274. The van der Waals surface area contributed by atoms with Crippen molar-refractivity contribution in [1.82, 2.24) is 5.32 Å². The topological polar surface area (TPSA) is 49.3 Å². The Labute approximate surface area is 117 Å². The third kappa shape index (κ3) is 5.19. The summed E-state index contributed by atoms with van der Waals surface area (Å²) in [5, 5.41) is 11.7. The van der Waals surface area contributed by atoms with E-state index in [0.29, 0.717) is 12.8 Å². The predicted octanol–water partition coefficient (Wildman–Crippen LogP) is 2.83. The van der Waals surface area contributed by atoms with Crippen molar-refractivity contribution in [2.45, 2.75) is 38.6 Å². The summed E-state index contributed by atoms with van der Waals surface area (Å²) in [6.45, 7) is 4.04. The van der Waals surface area contributed by atoms with Crippen LogP contribution >= 0.6 is 15.9 Å². The molecule has 2 unspecified atom stereocenters. The van der Waals surface area contributed by atoms with Crippen LogP contribution in [0.1, 0.15) is 38.2 Å². The van der Waals surface area contributed by atoms with E-state index in [1.54, 1.807) is 0 Å². The van der Waals surface area contributed by atoms with Gasteiger partial charge < -0.3 is 10.4 Å². The first-order chi connectivity index (χ1) is 8.52. The van der Waals surface area contributed by atoms with Gasteiger partial charge in [-0.25, -0.2) is 0 Å². The van der Waals surface area contributed by atoms with E-state index in [2.05, 4.69) is 21.2 Å². The highest BCUT2D eigenvalue weighted by Gasteiger charge is 2.13. The average molecular weight is 314 g/mol. The molecule has 0 aliphatic heterocycles. The molecule has 100 valence electrons. The number of hydrogen-bond acceptors (Lipinski definition) is 2. The summed E-state index contributed by atoms with van der Waals surface area (Å²) in [6.07, 6.45) is 1.07. The lowest BCUT2D eigenvalue weighted by molar-refractivity contribution is -0.122. The van der Waals surface area contributed by atoms with Crippen molar-refractivity contribution in [2.75, 3.05) is 6.61 Å². The van der Waals surface area contributed by atoms with E-state index >= 15 is 0 Å². The largest absolute Gasteiger partial charge is 0.396 e. The summed E-state index contributed by atoms with van der Waals surface area (Å²) >= 11 is 3.39. The van der Waals surface area contributed by atoms with Crippen LogP contribution in [0.25, 0.3) is 0 Å². The molecule has 0 radical (unpaired) electrons. The first-order valence-electron chi connectivity index (χ1n) is 6.18. The molecule has 0 aromatic heterocycles. The lowest BCUT2D eigenvalue weighted by atomic mass is 9.97. The predicted molar refractivity (Wildman–Crippen MR) is 76.5 cm³/mol. The number of nitrogens with one attached hydrogen (secondary N) is 1. The first kappa shape index (κ1) is 15.2. The normalized spacial score (nSPS) is 14.0. The molecule has 3 nitrogen and oxygen atoms in total. The summed E-state index contributed by atoms with van der Waals surface area (Å²) in [6, 6.07) is 8.05. The molecule has 18 heavy (non-hydrogen) atoms. The van der Waals surface area contributed by atoms with E-state index in [-0.39, 0.29) is 24.5 Å². The highest BCUT2D eigenvalue weighted by molar-refractivity contribution is 9.10. The zero-order chi connectivity index (χ0) is 13.5. The number of aliphatic hydroxyl groups is 1. The number of halogens is 1. The van der Waals surface area contributed by atoms with Gasteiger partial charge in [0.25, 0.3) is 0 Å². The van der Waals surface area contributed by atoms with Gasteiger partial charge >= 0.3 is 0 Å². The Hall–Kier alpha value is -0.870. The van der Waals surface area contributed by atoms with E-state index in [0.717, 1.165) is 10.0 Å². The Kier molecular flexibility index (Phi) is 6.36. The summed E-state index contributed by atoms with van der Waals surface area (Å²) in [7, 11) is 0. The molecule has 2 N–H and O–H groups in total. The molecule has 0 aliphatic carbocycles. The lowest BCUT2D eigenvalue weighted by Crippen LogP contribution is -2.33. The van der Waals surface area contributed by atoms with Crippen molar-refractivity contribution in [3.05, 3.63) is 34.3 Å². The van der Waals surface area contributed by atoms with Crippen LogP contribution in [0.4, 0.5) is 0 Å². The number of rotatable bonds is 6. The molecule has 1 aromatic rings. The molecule has 1 amide bonds. The molecule has 1 aromatic carbocycles. The highest BCUT2D eigenvalue weighted by Crippen LogP contribution is 2.21. The zero-order valence-electron chi connectivity index (χ0n) is 10.8. The van der Waals surface area contributed by atoms with Gasteiger partial charge in [-0.2, -0.15) is 0 Å². The average Bonchev–Trinajstić information content (AvgIpc) is 2.29. The maximum atomic E-state index is 11.8. The molecule has 0 bridgehead atoms. The van der Waals surface area contributed by atoms with Gasteiger partial charge in [-0.05, 0) is 37.0 Å². The fourth-order valence-corrected chi connectivity index (χ4v) is 2.05. The van der Waals surface area contributed by atoms with Crippen molar-refractivity contribution < 1.29 is 9.90 Å². The Morgan fingerprint density at radius 1 is 1.33 bits per heavy atom.